The first kappa shape index (κ1) is 15.0. The molecule has 22 heavy (non-hydrogen) atoms. The molecule has 1 aromatic heterocycles. The van der Waals surface area contributed by atoms with Crippen LogP contribution in [-0.2, 0) is 9.59 Å². The standard InChI is InChI=1S/C16H21N3O3/c20-15(11-3-7-17-8-4-11)14(16(21)22)19(12-1-2-12)13-5-9-18-10-6-13/h5-6,9-12,14,17H,1-4,7-8H2,(H,21,22). The number of piperidine rings is 1. The lowest BCUT2D eigenvalue weighted by molar-refractivity contribution is -0.143. The highest BCUT2D eigenvalue weighted by atomic mass is 16.4. The second-order valence-corrected chi connectivity index (χ2v) is 6.01. The predicted molar refractivity (Wildman–Crippen MR) is 81.8 cm³/mol. The van der Waals surface area contributed by atoms with E-state index in [1.807, 2.05) is 0 Å². The quantitative estimate of drug-likeness (QED) is 0.765. The van der Waals surface area contributed by atoms with Crippen LogP contribution in [0, 0.1) is 5.92 Å². The molecule has 2 fully saturated rings. The number of nitrogens with zero attached hydrogens (tertiary/aromatic N) is 2. The van der Waals surface area contributed by atoms with Gasteiger partial charge in [0.25, 0.3) is 0 Å². The number of carbonyl (C=O) groups excluding carboxylic acids is 1. The van der Waals surface area contributed by atoms with E-state index in [1.165, 1.54) is 0 Å². The van der Waals surface area contributed by atoms with E-state index in [2.05, 4.69) is 10.3 Å². The smallest absolute Gasteiger partial charge is 0.334 e. The van der Waals surface area contributed by atoms with Crippen molar-refractivity contribution in [2.75, 3.05) is 18.0 Å². The van der Waals surface area contributed by atoms with Crippen molar-refractivity contribution in [2.24, 2.45) is 5.92 Å². The van der Waals surface area contributed by atoms with Crippen molar-refractivity contribution >= 4 is 17.4 Å². The molecule has 6 heteroatoms. The molecule has 2 N–H and O–H groups in total. The zero-order valence-corrected chi connectivity index (χ0v) is 12.4. The molecule has 1 saturated carbocycles. The van der Waals surface area contributed by atoms with E-state index >= 15 is 0 Å². The molecule has 2 aliphatic rings. The molecule has 1 atom stereocenters. The van der Waals surface area contributed by atoms with Crippen LogP contribution < -0.4 is 10.2 Å². The van der Waals surface area contributed by atoms with Gasteiger partial charge in [0, 0.05) is 30.0 Å². The number of anilines is 1. The fourth-order valence-electron chi connectivity index (χ4n) is 3.15. The molecule has 0 bridgehead atoms. The highest BCUT2D eigenvalue weighted by molar-refractivity contribution is 6.06. The maximum Gasteiger partial charge on any atom is 0.334 e. The Kier molecular flexibility index (Phi) is 4.38. The van der Waals surface area contributed by atoms with Gasteiger partial charge in [0.2, 0.25) is 0 Å². The molecule has 0 aromatic carbocycles. The molecular weight excluding hydrogens is 282 g/mol. The monoisotopic (exact) mass is 303 g/mol. The van der Waals surface area contributed by atoms with Crippen molar-refractivity contribution in [1.82, 2.24) is 10.3 Å². The first-order valence-electron chi connectivity index (χ1n) is 7.84. The zero-order valence-electron chi connectivity index (χ0n) is 12.4. The van der Waals surface area contributed by atoms with Gasteiger partial charge >= 0.3 is 5.97 Å². The molecule has 6 nitrogen and oxygen atoms in total. The van der Waals surface area contributed by atoms with Gasteiger partial charge < -0.3 is 15.3 Å². The maximum absolute atomic E-state index is 12.8. The number of carboxylic acid groups (broad SMARTS) is 1. The lowest BCUT2D eigenvalue weighted by Gasteiger charge is -2.33. The Balaban J connectivity index is 1.87. The van der Waals surface area contributed by atoms with Gasteiger partial charge in [-0.25, -0.2) is 4.79 Å². The van der Waals surface area contributed by atoms with E-state index in [-0.39, 0.29) is 17.7 Å². The van der Waals surface area contributed by atoms with Crippen LogP contribution in [0.15, 0.2) is 24.5 Å². The van der Waals surface area contributed by atoms with Gasteiger partial charge in [0.05, 0.1) is 0 Å². The first-order valence-corrected chi connectivity index (χ1v) is 7.84. The molecule has 1 aliphatic carbocycles. The number of nitrogens with one attached hydrogen (secondary N) is 1. The zero-order chi connectivity index (χ0) is 15.5. The fourth-order valence-corrected chi connectivity index (χ4v) is 3.15. The summed E-state index contributed by atoms with van der Waals surface area (Å²) in [6, 6.07) is 2.63. The van der Waals surface area contributed by atoms with Crippen molar-refractivity contribution in [1.29, 1.82) is 0 Å². The predicted octanol–water partition coefficient (Wildman–Crippen LogP) is 1.07. The number of rotatable bonds is 6. The van der Waals surface area contributed by atoms with Crippen molar-refractivity contribution in [2.45, 2.75) is 37.8 Å². The molecule has 0 amide bonds. The second kappa shape index (κ2) is 6.44. The maximum atomic E-state index is 12.8. The van der Waals surface area contributed by atoms with E-state index in [0.717, 1.165) is 44.5 Å². The van der Waals surface area contributed by atoms with Crippen LogP contribution in [0.1, 0.15) is 25.7 Å². The van der Waals surface area contributed by atoms with Gasteiger partial charge in [0.15, 0.2) is 11.8 Å². The largest absolute Gasteiger partial charge is 0.479 e. The number of Topliss-reactive ketones (excluding diaryl/α,β-unsaturated/α-hetero) is 1. The van der Waals surface area contributed by atoms with Crippen molar-refractivity contribution in [3.8, 4) is 0 Å². The van der Waals surface area contributed by atoms with Gasteiger partial charge in [-0.3, -0.25) is 9.78 Å². The number of hydrogen-bond acceptors (Lipinski definition) is 5. The Labute approximate surface area is 129 Å². The molecule has 0 radical (unpaired) electrons. The van der Waals surface area contributed by atoms with E-state index in [1.54, 1.807) is 29.4 Å². The molecule has 1 unspecified atom stereocenters. The summed E-state index contributed by atoms with van der Waals surface area (Å²) in [5, 5.41) is 12.9. The van der Waals surface area contributed by atoms with Gasteiger partial charge in [-0.1, -0.05) is 0 Å². The fraction of sp³-hybridized carbons (Fsp3) is 0.562. The van der Waals surface area contributed by atoms with Gasteiger partial charge in [-0.05, 0) is 50.9 Å². The minimum atomic E-state index is -1.09. The number of pyridine rings is 1. The third-order valence-electron chi connectivity index (χ3n) is 4.42. The van der Waals surface area contributed by atoms with E-state index in [4.69, 9.17) is 0 Å². The normalized spacial score (nSPS) is 20.4. The van der Waals surface area contributed by atoms with Crippen molar-refractivity contribution < 1.29 is 14.7 Å². The summed E-state index contributed by atoms with van der Waals surface area (Å²) in [7, 11) is 0. The molecule has 3 rings (SSSR count). The highest BCUT2D eigenvalue weighted by Gasteiger charge is 2.43. The summed E-state index contributed by atoms with van der Waals surface area (Å²) in [5.74, 6) is -1.37. The minimum absolute atomic E-state index is 0.147. The average Bonchev–Trinajstić information content (AvgIpc) is 3.38. The third-order valence-corrected chi connectivity index (χ3v) is 4.42. The van der Waals surface area contributed by atoms with Crippen LogP contribution in [0.25, 0.3) is 0 Å². The molecule has 118 valence electrons. The van der Waals surface area contributed by atoms with Crippen LogP contribution in [0.5, 0.6) is 0 Å². The van der Waals surface area contributed by atoms with Gasteiger partial charge in [0.1, 0.15) is 0 Å². The first-order chi connectivity index (χ1) is 10.7. The van der Waals surface area contributed by atoms with E-state index in [0.29, 0.717) is 0 Å². The summed E-state index contributed by atoms with van der Waals surface area (Å²) in [6.45, 7) is 1.56. The Morgan fingerprint density at radius 3 is 2.36 bits per heavy atom. The van der Waals surface area contributed by atoms with Crippen LogP contribution in [0.3, 0.4) is 0 Å². The number of carbonyl (C=O) groups is 2. The molecule has 1 aromatic rings. The lowest BCUT2D eigenvalue weighted by atomic mass is 9.88. The van der Waals surface area contributed by atoms with Gasteiger partial charge in [-0.15, -0.1) is 0 Å². The molecular formula is C16H21N3O3. The summed E-state index contributed by atoms with van der Waals surface area (Å²) in [4.78, 5) is 30.4. The Bertz CT molecular complexity index is 539. The number of aliphatic carboxylic acids is 1. The number of ketones is 1. The number of aromatic nitrogens is 1. The lowest BCUT2D eigenvalue weighted by Crippen LogP contribution is -2.51. The Morgan fingerprint density at radius 1 is 1.18 bits per heavy atom. The topological polar surface area (TPSA) is 82.5 Å². The number of hydrogen-bond donors (Lipinski definition) is 2. The second-order valence-electron chi connectivity index (χ2n) is 6.01. The number of carboxylic acids is 1. The molecule has 1 aliphatic heterocycles. The van der Waals surface area contributed by atoms with Crippen molar-refractivity contribution in [3.63, 3.8) is 0 Å². The minimum Gasteiger partial charge on any atom is -0.479 e. The summed E-state index contributed by atoms with van der Waals surface area (Å²) < 4.78 is 0. The summed E-state index contributed by atoms with van der Waals surface area (Å²) in [5.41, 5.74) is 0.771. The SMILES string of the molecule is O=C(O)C(C(=O)C1CCNCC1)N(c1ccncc1)C1CC1. The average molecular weight is 303 g/mol. The molecule has 0 spiro atoms. The third kappa shape index (κ3) is 3.11. The van der Waals surface area contributed by atoms with Gasteiger partial charge in [-0.2, -0.15) is 0 Å². The summed E-state index contributed by atoms with van der Waals surface area (Å²) in [6.07, 6.45) is 6.59. The molecule has 1 saturated heterocycles. The van der Waals surface area contributed by atoms with E-state index in [9.17, 15) is 14.7 Å². The Morgan fingerprint density at radius 2 is 1.82 bits per heavy atom. The van der Waals surface area contributed by atoms with Crippen LogP contribution in [-0.4, -0.2) is 47.0 Å². The van der Waals surface area contributed by atoms with E-state index < -0.39 is 12.0 Å². The van der Waals surface area contributed by atoms with Crippen LogP contribution in [0.4, 0.5) is 5.69 Å². The summed E-state index contributed by atoms with van der Waals surface area (Å²) >= 11 is 0. The van der Waals surface area contributed by atoms with Crippen molar-refractivity contribution in [3.05, 3.63) is 24.5 Å². The Hall–Kier alpha value is -1.95. The molecule has 2 heterocycles. The highest BCUT2D eigenvalue weighted by Crippen LogP contribution is 2.34. The van der Waals surface area contributed by atoms with Crippen LogP contribution >= 0.6 is 0 Å². The van der Waals surface area contributed by atoms with Crippen LogP contribution in [0.2, 0.25) is 0 Å².